The number of hydrogen-bond donors (Lipinski definition) is 2. The van der Waals surface area contributed by atoms with E-state index in [4.69, 9.17) is 0 Å². The number of rotatable bonds is 2. The van der Waals surface area contributed by atoms with Crippen molar-refractivity contribution < 1.29 is 4.79 Å². The van der Waals surface area contributed by atoms with Gasteiger partial charge in [0.15, 0.2) is 0 Å². The van der Waals surface area contributed by atoms with Crippen LogP contribution in [0.1, 0.15) is 20.3 Å². The number of thiol groups is 1. The van der Waals surface area contributed by atoms with Crippen LogP contribution >= 0.6 is 12.8 Å². The summed E-state index contributed by atoms with van der Waals surface area (Å²) in [5.74, 6) is 0.312. The van der Waals surface area contributed by atoms with Crippen LogP contribution in [0.4, 0.5) is 0 Å². The molecule has 1 amide bonds. The van der Waals surface area contributed by atoms with Crippen molar-refractivity contribution >= 4 is 18.7 Å². The van der Waals surface area contributed by atoms with Crippen molar-refractivity contribution in [1.29, 1.82) is 0 Å². The molecule has 1 fully saturated rings. The van der Waals surface area contributed by atoms with Gasteiger partial charge in [-0.2, -0.15) is 0 Å². The molecule has 0 aromatic carbocycles. The second kappa shape index (κ2) is 4.14. The third-order valence-electron chi connectivity index (χ3n) is 1.97. The Bertz CT molecular complexity index is 172. The van der Waals surface area contributed by atoms with Crippen LogP contribution < -0.4 is 5.32 Å². The Balaban J connectivity index is 2.33. The van der Waals surface area contributed by atoms with Gasteiger partial charge in [0, 0.05) is 19.1 Å². The minimum absolute atomic E-state index is 0.143. The molecular weight excluding hydrogens is 172 g/mol. The van der Waals surface area contributed by atoms with Gasteiger partial charge in [-0.25, -0.2) is 0 Å². The summed E-state index contributed by atoms with van der Waals surface area (Å²) in [4.78, 5) is 11.4. The maximum absolute atomic E-state index is 11.4. The second-order valence-corrected chi connectivity index (χ2v) is 4.13. The second-order valence-electron chi connectivity index (χ2n) is 3.56. The van der Waals surface area contributed by atoms with Crippen molar-refractivity contribution in [3.05, 3.63) is 0 Å². The van der Waals surface area contributed by atoms with E-state index in [9.17, 15) is 4.79 Å². The number of carbonyl (C=O) groups excluding carboxylic acids is 1. The highest BCUT2D eigenvalue weighted by Crippen LogP contribution is 2.17. The van der Waals surface area contributed by atoms with E-state index in [1.807, 2.05) is 18.2 Å². The van der Waals surface area contributed by atoms with Gasteiger partial charge in [0.1, 0.15) is 0 Å². The number of nitrogens with one attached hydrogen (secondary N) is 1. The molecule has 1 rings (SSSR count). The molecule has 0 spiro atoms. The monoisotopic (exact) mass is 188 g/mol. The van der Waals surface area contributed by atoms with E-state index in [1.54, 1.807) is 0 Å². The van der Waals surface area contributed by atoms with Crippen molar-refractivity contribution in [2.75, 3.05) is 13.1 Å². The smallest absolute Gasteiger partial charge is 0.224 e. The molecule has 1 unspecified atom stereocenters. The standard InChI is InChI=1S/C8H16N2OS/c1-6(2)9-8(11)7-3-4-10(12)5-7/h6-7,12H,3-5H2,1-2H3,(H,9,11). The molecule has 3 nitrogen and oxygen atoms in total. The maximum Gasteiger partial charge on any atom is 0.224 e. The average Bonchev–Trinajstić information content (AvgIpc) is 2.34. The van der Waals surface area contributed by atoms with Crippen LogP contribution in [0.2, 0.25) is 0 Å². The van der Waals surface area contributed by atoms with Crippen molar-refractivity contribution in [2.45, 2.75) is 26.3 Å². The summed E-state index contributed by atoms with van der Waals surface area (Å²) in [6.45, 7) is 5.65. The van der Waals surface area contributed by atoms with E-state index in [2.05, 4.69) is 18.1 Å². The zero-order valence-corrected chi connectivity index (χ0v) is 8.47. The number of nitrogens with zero attached hydrogens (tertiary/aromatic N) is 1. The van der Waals surface area contributed by atoms with Gasteiger partial charge < -0.3 is 5.32 Å². The molecule has 1 saturated heterocycles. The van der Waals surface area contributed by atoms with Crippen LogP contribution in [-0.4, -0.2) is 29.3 Å². The summed E-state index contributed by atoms with van der Waals surface area (Å²) in [5, 5.41) is 2.91. The lowest BCUT2D eigenvalue weighted by Crippen LogP contribution is -2.36. The molecule has 0 bridgehead atoms. The fraction of sp³-hybridized carbons (Fsp3) is 0.875. The molecular formula is C8H16N2OS. The topological polar surface area (TPSA) is 32.3 Å². The van der Waals surface area contributed by atoms with Crippen molar-refractivity contribution in [3.8, 4) is 0 Å². The van der Waals surface area contributed by atoms with E-state index in [1.165, 1.54) is 0 Å². The summed E-state index contributed by atoms with van der Waals surface area (Å²) < 4.78 is 1.89. The third kappa shape index (κ3) is 2.68. The molecule has 1 aliphatic heterocycles. The first-order valence-electron chi connectivity index (χ1n) is 4.34. The lowest BCUT2D eigenvalue weighted by atomic mass is 10.1. The number of carbonyl (C=O) groups is 1. The van der Waals surface area contributed by atoms with E-state index in [0.29, 0.717) is 0 Å². The van der Waals surface area contributed by atoms with Crippen LogP contribution in [-0.2, 0) is 4.79 Å². The first-order valence-corrected chi connectivity index (χ1v) is 4.74. The Labute approximate surface area is 79.0 Å². The first-order chi connectivity index (χ1) is 5.59. The van der Waals surface area contributed by atoms with Gasteiger partial charge in [0.05, 0.1) is 5.92 Å². The normalized spacial score (nSPS) is 24.8. The van der Waals surface area contributed by atoms with E-state index >= 15 is 0 Å². The molecule has 0 aliphatic carbocycles. The predicted octanol–water partition coefficient (Wildman–Crippen LogP) is 0.678. The van der Waals surface area contributed by atoms with Gasteiger partial charge in [0.2, 0.25) is 5.91 Å². The van der Waals surface area contributed by atoms with Crippen LogP contribution in [0.3, 0.4) is 0 Å². The Kier molecular flexibility index (Phi) is 3.40. The molecule has 4 heteroatoms. The lowest BCUT2D eigenvalue weighted by molar-refractivity contribution is -0.125. The minimum atomic E-state index is 0.143. The van der Waals surface area contributed by atoms with Crippen LogP contribution in [0.15, 0.2) is 0 Å². The zero-order chi connectivity index (χ0) is 9.14. The Morgan fingerprint density at radius 3 is 2.75 bits per heavy atom. The molecule has 1 heterocycles. The zero-order valence-electron chi connectivity index (χ0n) is 7.58. The summed E-state index contributed by atoms with van der Waals surface area (Å²) in [6.07, 6.45) is 0.933. The van der Waals surface area contributed by atoms with E-state index in [0.717, 1.165) is 19.5 Å². The molecule has 0 radical (unpaired) electrons. The fourth-order valence-corrected chi connectivity index (χ4v) is 1.67. The maximum atomic E-state index is 11.4. The predicted molar refractivity (Wildman–Crippen MR) is 51.9 cm³/mol. The van der Waals surface area contributed by atoms with E-state index in [-0.39, 0.29) is 17.9 Å². The van der Waals surface area contributed by atoms with Crippen molar-refractivity contribution in [2.24, 2.45) is 5.92 Å². The van der Waals surface area contributed by atoms with Crippen LogP contribution in [0.25, 0.3) is 0 Å². The van der Waals surface area contributed by atoms with Gasteiger partial charge in [0.25, 0.3) is 0 Å². The third-order valence-corrected chi connectivity index (χ3v) is 2.33. The fourth-order valence-electron chi connectivity index (χ4n) is 1.36. The minimum Gasteiger partial charge on any atom is -0.354 e. The van der Waals surface area contributed by atoms with Crippen molar-refractivity contribution in [3.63, 3.8) is 0 Å². The summed E-state index contributed by atoms with van der Waals surface area (Å²) >= 11 is 4.19. The number of amides is 1. The molecule has 0 aromatic heterocycles. The summed E-state index contributed by atoms with van der Waals surface area (Å²) in [7, 11) is 0. The van der Waals surface area contributed by atoms with Gasteiger partial charge in [-0.05, 0) is 20.3 Å². The molecule has 0 aromatic rings. The van der Waals surface area contributed by atoms with Gasteiger partial charge in [-0.15, -0.1) is 0 Å². The van der Waals surface area contributed by atoms with Crippen LogP contribution in [0, 0.1) is 5.92 Å². The van der Waals surface area contributed by atoms with Gasteiger partial charge >= 0.3 is 0 Å². The molecule has 0 saturated carbocycles. The SMILES string of the molecule is CC(C)NC(=O)C1CCN(S)C1. The van der Waals surface area contributed by atoms with Gasteiger partial charge in [-0.1, -0.05) is 12.8 Å². The quantitative estimate of drug-likeness (QED) is 0.625. The average molecular weight is 188 g/mol. The molecule has 1 N–H and O–H groups in total. The first kappa shape index (κ1) is 9.86. The highest BCUT2D eigenvalue weighted by atomic mass is 32.1. The Morgan fingerprint density at radius 1 is 1.67 bits per heavy atom. The van der Waals surface area contributed by atoms with Crippen LogP contribution in [0.5, 0.6) is 0 Å². The Morgan fingerprint density at radius 2 is 2.33 bits per heavy atom. The van der Waals surface area contributed by atoms with Crippen molar-refractivity contribution in [1.82, 2.24) is 9.62 Å². The molecule has 12 heavy (non-hydrogen) atoms. The highest BCUT2D eigenvalue weighted by Gasteiger charge is 2.26. The molecule has 70 valence electrons. The van der Waals surface area contributed by atoms with E-state index < -0.39 is 0 Å². The highest BCUT2D eigenvalue weighted by molar-refractivity contribution is 7.77. The largest absolute Gasteiger partial charge is 0.354 e. The summed E-state index contributed by atoms with van der Waals surface area (Å²) in [6, 6.07) is 0.242. The molecule has 1 aliphatic rings. The van der Waals surface area contributed by atoms with Gasteiger partial charge in [-0.3, -0.25) is 9.10 Å². The lowest BCUT2D eigenvalue weighted by Gasteiger charge is -2.12. The summed E-state index contributed by atoms with van der Waals surface area (Å²) in [5.41, 5.74) is 0. The molecule has 1 atom stereocenters. The number of hydrogen-bond acceptors (Lipinski definition) is 3. The Hall–Kier alpha value is -0.220.